The van der Waals surface area contributed by atoms with Crippen LogP contribution >= 0.6 is 0 Å². The number of rotatable bonds is 8. The molecule has 0 bridgehead atoms. The topological polar surface area (TPSA) is 18.5 Å². The zero-order chi connectivity index (χ0) is 13.4. The summed E-state index contributed by atoms with van der Waals surface area (Å²) in [5, 5.41) is 3.51. The summed E-state index contributed by atoms with van der Waals surface area (Å²) in [5.74, 6) is 0. The molecule has 1 N–H and O–H groups in total. The van der Waals surface area contributed by atoms with Crippen LogP contribution in [0.15, 0.2) is 0 Å². The van der Waals surface area contributed by atoms with Crippen LogP contribution in [-0.2, 0) is 0 Å². The highest BCUT2D eigenvalue weighted by molar-refractivity contribution is 4.80. The minimum atomic E-state index is 0.701. The van der Waals surface area contributed by atoms with Crippen molar-refractivity contribution < 1.29 is 0 Å². The van der Waals surface area contributed by atoms with E-state index in [1.54, 1.807) is 0 Å². The van der Waals surface area contributed by atoms with Crippen molar-refractivity contribution in [2.75, 3.05) is 39.8 Å². The number of piperidine rings is 1. The monoisotopic (exact) mass is 255 g/mol. The molecule has 0 aromatic rings. The van der Waals surface area contributed by atoms with E-state index in [9.17, 15) is 0 Å². The van der Waals surface area contributed by atoms with Gasteiger partial charge in [-0.25, -0.2) is 0 Å². The third-order valence-electron chi connectivity index (χ3n) is 4.44. The molecule has 108 valence electrons. The Morgan fingerprint density at radius 2 is 1.89 bits per heavy atom. The molecular formula is C15H33N3. The van der Waals surface area contributed by atoms with Gasteiger partial charge in [-0.2, -0.15) is 0 Å². The molecule has 1 fully saturated rings. The Balaban J connectivity index is 2.20. The van der Waals surface area contributed by atoms with E-state index < -0.39 is 0 Å². The maximum absolute atomic E-state index is 3.51. The fourth-order valence-corrected chi connectivity index (χ4v) is 2.82. The third-order valence-corrected chi connectivity index (χ3v) is 4.44. The average Bonchev–Trinajstić information content (AvgIpc) is 2.42. The molecule has 1 unspecified atom stereocenters. The van der Waals surface area contributed by atoms with Crippen molar-refractivity contribution in [3.8, 4) is 0 Å². The van der Waals surface area contributed by atoms with Crippen LogP contribution in [-0.4, -0.2) is 61.7 Å². The van der Waals surface area contributed by atoms with Crippen molar-refractivity contribution in [3.05, 3.63) is 0 Å². The van der Waals surface area contributed by atoms with E-state index in [2.05, 4.69) is 42.9 Å². The molecule has 1 heterocycles. The van der Waals surface area contributed by atoms with Gasteiger partial charge in [0.15, 0.2) is 0 Å². The third kappa shape index (κ3) is 5.25. The summed E-state index contributed by atoms with van der Waals surface area (Å²) in [7, 11) is 2.32. The summed E-state index contributed by atoms with van der Waals surface area (Å²) < 4.78 is 0. The van der Waals surface area contributed by atoms with Crippen molar-refractivity contribution in [1.82, 2.24) is 15.1 Å². The second-order valence-electron chi connectivity index (χ2n) is 5.72. The fourth-order valence-electron chi connectivity index (χ4n) is 2.82. The lowest BCUT2D eigenvalue weighted by Gasteiger charge is -2.39. The smallest absolute Gasteiger partial charge is 0.0119 e. The van der Waals surface area contributed by atoms with E-state index in [0.29, 0.717) is 6.04 Å². The number of hydrogen-bond acceptors (Lipinski definition) is 3. The Morgan fingerprint density at radius 1 is 1.22 bits per heavy atom. The van der Waals surface area contributed by atoms with Crippen LogP contribution in [0.3, 0.4) is 0 Å². The maximum Gasteiger partial charge on any atom is 0.0119 e. The molecule has 0 aromatic heterocycles. The molecule has 0 amide bonds. The normalized spacial score (nSPS) is 20.5. The van der Waals surface area contributed by atoms with Crippen LogP contribution in [0.1, 0.15) is 46.5 Å². The predicted molar refractivity (Wildman–Crippen MR) is 80.1 cm³/mol. The molecule has 1 aliphatic heterocycles. The first kappa shape index (κ1) is 15.9. The Hall–Kier alpha value is -0.120. The van der Waals surface area contributed by atoms with Gasteiger partial charge in [-0.1, -0.05) is 13.8 Å². The van der Waals surface area contributed by atoms with Crippen molar-refractivity contribution in [3.63, 3.8) is 0 Å². The van der Waals surface area contributed by atoms with Gasteiger partial charge in [0, 0.05) is 12.1 Å². The molecule has 0 radical (unpaired) electrons. The van der Waals surface area contributed by atoms with Crippen LogP contribution in [0.2, 0.25) is 0 Å². The molecule has 3 nitrogen and oxygen atoms in total. The molecule has 1 aliphatic rings. The average molecular weight is 255 g/mol. The Kier molecular flexibility index (Phi) is 7.87. The second kappa shape index (κ2) is 8.89. The van der Waals surface area contributed by atoms with Gasteiger partial charge in [-0.15, -0.1) is 0 Å². The van der Waals surface area contributed by atoms with Crippen LogP contribution in [0.5, 0.6) is 0 Å². The summed E-state index contributed by atoms with van der Waals surface area (Å²) >= 11 is 0. The van der Waals surface area contributed by atoms with Crippen LogP contribution in [0, 0.1) is 0 Å². The highest BCUT2D eigenvalue weighted by Crippen LogP contribution is 2.18. The van der Waals surface area contributed by atoms with Gasteiger partial charge in [-0.3, -0.25) is 0 Å². The molecule has 1 rings (SSSR count). The molecule has 0 spiro atoms. The minimum absolute atomic E-state index is 0.701. The molecule has 0 aromatic carbocycles. The predicted octanol–water partition coefficient (Wildman–Crippen LogP) is 2.18. The second-order valence-corrected chi connectivity index (χ2v) is 5.72. The van der Waals surface area contributed by atoms with Crippen molar-refractivity contribution in [2.45, 2.75) is 58.5 Å². The van der Waals surface area contributed by atoms with Gasteiger partial charge < -0.3 is 15.1 Å². The summed E-state index contributed by atoms with van der Waals surface area (Å²) in [6.07, 6.45) is 5.19. The molecule has 1 atom stereocenters. The van der Waals surface area contributed by atoms with Crippen molar-refractivity contribution >= 4 is 0 Å². The van der Waals surface area contributed by atoms with E-state index in [4.69, 9.17) is 0 Å². The largest absolute Gasteiger partial charge is 0.317 e. The fraction of sp³-hybridized carbons (Fsp3) is 1.00. The summed E-state index contributed by atoms with van der Waals surface area (Å²) in [5.41, 5.74) is 0. The number of likely N-dealkylation sites (tertiary alicyclic amines) is 1. The standard InChI is InChI=1S/C15H33N3/c1-5-10-16-11-7-14(3)17(4)15-8-12-18(6-2)13-9-15/h14-16H,5-13H2,1-4H3. The summed E-state index contributed by atoms with van der Waals surface area (Å²) in [6, 6.07) is 1.50. The van der Waals surface area contributed by atoms with E-state index in [1.807, 2.05) is 0 Å². The first-order valence-electron chi connectivity index (χ1n) is 7.84. The Labute approximate surface area is 114 Å². The number of nitrogens with zero attached hydrogens (tertiary/aromatic N) is 2. The van der Waals surface area contributed by atoms with Gasteiger partial charge in [0.2, 0.25) is 0 Å². The molecule has 18 heavy (non-hydrogen) atoms. The van der Waals surface area contributed by atoms with Crippen molar-refractivity contribution in [1.29, 1.82) is 0 Å². The van der Waals surface area contributed by atoms with E-state index in [-0.39, 0.29) is 0 Å². The Morgan fingerprint density at radius 3 is 2.44 bits per heavy atom. The number of hydrogen-bond donors (Lipinski definition) is 1. The molecule has 1 saturated heterocycles. The lowest BCUT2D eigenvalue weighted by Crippen LogP contribution is -2.46. The SMILES string of the molecule is CCCNCCC(C)N(C)C1CCN(CC)CC1. The molecule has 0 saturated carbocycles. The summed E-state index contributed by atoms with van der Waals surface area (Å²) in [4.78, 5) is 5.18. The lowest BCUT2D eigenvalue weighted by molar-refractivity contribution is 0.101. The molecule has 3 heteroatoms. The van der Waals surface area contributed by atoms with Gasteiger partial charge in [-0.05, 0) is 72.4 Å². The lowest BCUT2D eigenvalue weighted by atomic mass is 10.0. The maximum atomic E-state index is 3.51. The van der Waals surface area contributed by atoms with E-state index in [1.165, 1.54) is 45.3 Å². The highest BCUT2D eigenvalue weighted by Gasteiger charge is 2.24. The van der Waals surface area contributed by atoms with Crippen LogP contribution < -0.4 is 5.32 Å². The number of nitrogens with one attached hydrogen (secondary N) is 1. The summed E-state index contributed by atoms with van der Waals surface area (Å²) in [6.45, 7) is 13.0. The highest BCUT2D eigenvalue weighted by atomic mass is 15.2. The van der Waals surface area contributed by atoms with E-state index in [0.717, 1.165) is 19.1 Å². The quantitative estimate of drug-likeness (QED) is 0.671. The van der Waals surface area contributed by atoms with Gasteiger partial charge in [0.1, 0.15) is 0 Å². The first-order chi connectivity index (χ1) is 8.69. The van der Waals surface area contributed by atoms with Crippen LogP contribution in [0.25, 0.3) is 0 Å². The minimum Gasteiger partial charge on any atom is -0.317 e. The zero-order valence-corrected chi connectivity index (χ0v) is 12.9. The van der Waals surface area contributed by atoms with Gasteiger partial charge in [0.05, 0.1) is 0 Å². The molecule has 0 aliphatic carbocycles. The van der Waals surface area contributed by atoms with E-state index >= 15 is 0 Å². The first-order valence-corrected chi connectivity index (χ1v) is 7.84. The zero-order valence-electron chi connectivity index (χ0n) is 12.9. The molecular weight excluding hydrogens is 222 g/mol. The Bertz CT molecular complexity index is 200. The van der Waals surface area contributed by atoms with Gasteiger partial charge >= 0.3 is 0 Å². The van der Waals surface area contributed by atoms with Gasteiger partial charge in [0.25, 0.3) is 0 Å². The van der Waals surface area contributed by atoms with Crippen molar-refractivity contribution in [2.24, 2.45) is 0 Å². The van der Waals surface area contributed by atoms with Crippen LogP contribution in [0.4, 0.5) is 0 Å².